The fraction of sp³-hybridized carbons (Fsp3) is 0.458. The average molecular weight is 472 g/mol. The lowest BCUT2D eigenvalue weighted by molar-refractivity contribution is -0.167. The van der Waals surface area contributed by atoms with Gasteiger partial charge in [-0.2, -0.15) is 0 Å². The minimum absolute atomic E-state index is 0.125. The number of carbonyl (C=O) groups is 1. The molecule has 1 unspecified atom stereocenters. The van der Waals surface area contributed by atoms with Crippen LogP contribution in [0.25, 0.3) is 0 Å². The molecule has 0 N–H and O–H groups in total. The molecule has 2 aromatic carbocycles. The van der Waals surface area contributed by atoms with Gasteiger partial charge in [-0.05, 0) is 12.1 Å². The van der Waals surface area contributed by atoms with Crippen LogP contribution in [0.5, 0.6) is 34.5 Å². The van der Waals surface area contributed by atoms with E-state index in [2.05, 4.69) is 0 Å². The lowest BCUT2D eigenvalue weighted by Gasteiger charge is -2.33. The Hall–Kier alpha value is -3.37. The first-order chi connectivity index (χ1) is 16.5. The lowest BCUT2D eigenvalue weighted by Crippen LogP contribution is -2.43. The molecule has 0 saturated carbocycles. The van der Waals surface area contributed by atoms with Gasteiger partial charge in [0, 0.05) is 30.2 Å². The molecule has 4 heterocycles. The molecule has 2 fully saturated rings. The summed E-state index contributed by atoms with van der Waals surface area (Å²) in [6.45, 7) is 2.07. The van der Waals surface area contributed by atoms with Gasteiger partial charge in [0.15, 0.2) is 28.6 Å². The summed E-state index contributed by atoms with van der Waals surface area (Å²) in [5.74, 6) is 2.78. The first-order valence-corrected chi connectivity index (χ1v) is 10.9. The number of hydrogen-bond donors (Lipinski definition) is 0. The van der Waals surface area contributed by atoms with Crippen molar-refractivity contribution in [3.8, 4) is 34.5 Å². The summed E-state index contributed by atoms with van der Waals surface area (Å²) in [6.07, 6.45) is -1.11. The van der Waals surface area contributed by atoms with Crippen LogP contribution in [0.4, 0.5) is 0 Å². The third kappa shape index (κ3) is 3.05. The molecule has 4 aliphatic rings. The summed E-state index contributed by atoms with van der Waals surface area (Å²) in [6, 6.07) is 7.20. The molecule has 0 spiro atoms. The minimum atomic E-state index is -1.08. The number of ether oxygens (including phenoxy) is 9. The topological polar surface area (TPSA) is 100 Å². The zero-order valence-corrected chi connectivity index (χ0v) is 19.0. The average Bonchev–Trinajstić information content (AvgIpc) is 3.59. The maximum absolute atomic E-state index is 12.3. The highest BCUT2D eigenvalue weighted by Gasteiger charge is 2.63. The summed E-state index contributed by atoms with van der Waals surface area (Å²) in [7, 11) is 3.15. The van der Waals surface area contributed by atoms with Gasteiger partial charge in [0.05, 0.1) is 39.5 Å². The molecule has 10 heteroatoms. The summed E-state index contributed by atoms with van der Waals surface area (Å²) in [5, 5.41) is 0. The molecular formula is C24H24O10. The fourth-order valence-electron chi connectivity index (χ4n) is 5.28. The number of methoxy groups -OCH3 is 2. The zero-order chi connectivity index (χ0) is 23.4. The molecule has 34 heavy (non-hydrogen) atoms. The normalized spacial score (nSPS) is 28.0. The summed E-state index contributed by atoms with van der Waals surface area (Å²) < 4.78 is 52.0. The van der Waals surface area contributed by atoms with E-state index in [1.165, 1.54) is 6.92 Å². The Kier molecular flexibility index (Phi) is 4.89. The first-order valence-electron chi connectivity index (χ1n) is 10.9. The van der Waals surface area contributed by atoms with Crippen molar-refractivity contribution in [2.24, 2.45) is 5.92 Å². The highest BCUT2D eigenvalue weighted by atomic mass is 16.7. The number of benzene rings is 2. The highest BCUT2D eigenvalue weighted by molar-refractivity contribution is 5.67. The number of hydrogen-bond acceptors (Lipinski definition) is 10. The molecule has 180 valence electrons. The molecule has 4 aliphatic heterocycles. The monoisotopic (exact) mass is 472 g/mol. The van der Waals surface area contributed by atoms with E-state index >= 15 is 0 Å². The van der Waals surface area contributed by atoms with Crippen LogP contribution in [0.2, 0.25) is 0 Å². The maximum atomic E-state index is 12.3. The van der Waals surface area contributed by atoms with Gasteiger partial charge in [0.2, 0.25) is 13.6 Å². The van der Waals surface area contributed by atoms with Crippen molar-refractivity contribution in [3.05, 3.63) is 35.4 Å². The van der Waals surface area contributed by atoms with E-state index in [9.17, 15) is 4.79 Å². The van der Waals surface area contributed by atoms with Crippen LogP contribution in [0.15, 0.2) is 24.3 Å². The largest absolute Gasteiger partial charge is 0.496 e. The first kappa shape index (κ1) is 21.2. The molecule has 0 radical (unpaired) electrons. The van der Waals surface area contributed by atoms with Crippen LogP contribution >= 0.6 is 0 Å². The Morgan fingerprint density at radius 2 is 1.41 bits per heavy atom. The molecule has 0 bridgehead atoms. The van der Waals surface area contributed by atoms with Gasteiger partial charge in [0.1, 0.15) is 17.6 Å². The quantitative estimate of drug-likeness (QED) is 0.604. The Morgan fingerprint density at radius 3 is 2.00 bits per heavy atom. The van der Waals surface area contributed by atoms with Crippen LogP contribution in [-0.2, 0) is 19.0 Å². The third-order valence-corrected chi connectivity index (χ3v) is 6.74. The van der Waals surface area contributed by atoms with Crippen molar-refractivity contribution in [1.29, 1.82) is 0 Å². The summed E-state index contributed by atoms with van der Waals surface area (Å²) >= 11 is 0. The van der Waals surface area contributed by atoms with Gasteiger partial charge >= 0.3 is 5.97 Å². The summed E-state index contributed by atoms with van der Waals surface area (Å²) in [5.41, 5.74) is 0.379. The van der Waals surface area contributed by atoms with Crippen LogP contribution in [0, 0.1) is 5.92 Å². The van der Waals surface area contributed by atoms with E-state index in [-0.39, 0.29) is 32.7 Å². The lowest BCUT2D eigenvalue weighted by atomic mass is 9.80. The SMILES string of the molecule is COc1cc2c(cc1[C@H]1OC[C@@]3(OC(C)=O)C1CO[C@@H]3c1cc3c(cc1OC)OCO3)OCO2. The fourth-order valence-corrected chi connectivity index (χ4v) is 5.28. The van der Waals surface area contributed by atoms with Gasteiger partial charge in [-0.3, -0.25) is 4.79 Å². The molecule has 2 aromatic rings. The van der Waals surface area contributed by atoms with E-state index < -0.39 is 23.8 Å². The van der Waals surface area contributed by atoms with Gasteiger partial charge in [-0.25, -0.2) is 0 Å². The molecule has 0 aromatic heterocycles. The second-order valence-corrected chi connectivity index (χ2v) is 8.49. The second kappa shape index (κ2) is 7.85. The Labute approximate surface area is 195 Å². The predicted octanol–water partition coefficient (Wildman–Crippen LogP) is 2.92. The molecule has 10 nitrogen and oxygen atoms in total. The molecular weight excluding hydrogens is 448 g/mol. The smallest absolute Gasteiger partial charge is 0.303 e. The van der Waals surface area contributed by atoms with Crippen molar-refractivity contribution < 1.29 is 47.4 Å². The Bertz CT molecular complexity index is 1150. The van der Waals surface area contributed by atoms with E-state index in [1.807, 2.05) is 12.1 Å². The Morgan fingerprint density at radius 1 is 0.853 bits per heavy atom. The maximum Gasteiger partial charge on any atom is 0.303 e. The Balaban J connectivity index is 1.42. The van der Waals surface area contributed by atoms with Crippen molar-refractivity contribution in [1.82, 2.24) is 0 Å². The summed E-state index contributed by atoms with van der Waals surface area (Å²) in [4.78, 5) is 12.3. The second-order valence-electron chi connectivity index (χ2n) is 8.49. The number of carbonyl (C=O) groups excluding carboxylic acids is 1. The number of fused-ring (bicyclic) bond motifs is 3. The van der Waals surface area contributed by atoms with E-state index in [0.29, 0.717) is 40.1 Å². The number of rotatable bonds is 5. The van der Waals surface area contributed by atoms with Gasteiger partial charge in [-0.1, -0.05) is 0 Å². The molecule has 0 aliphatic carbocycles. The molecule has 6 rings (SSSR count). The standard InChI is InChI=1S/C24H24O10/c1-12(25)34-24-9-29-22(13-4-18-20(32-10-30-18)6-16(13)26-2)15(24)8-28-23(24)14-5-19-21(33-11-31-19)7-17(14)27-3/h4-7,15,22-23H,8-11H2,1-3H3/t15?,22-,23-,24-/m1/s1. The van der Waals surface area contributed by atoms with Crippen molar-refractivity contribution in [2.45, 2.75) is 24.7 Å². The van der Waals surface area contributed by atoms with E-state index in [4.69, 9.17) is 42.6 Å². The van der Waals surface area contributed by atoms with E-state index in [1.54, 1.807) is 26.4 Å². The van der Waals surface area contributed by atoms with Crippen LogP contribution in [0.3, 0.4) is 0 Å². The minimum Gasteiger partial charge on any atom is -0.496 e. The molecule has 4 atom stereocenters. The van der Waals surface area contributed by atoms with Crippen molar-refractivity contribution >= 4 is 5.97 Å². The number of esters is 1. The van der Waals surface area contributed by atoms with E-state index in [0.717, 1.165) is 5.56 Å². The predicted molar refractivity (Wildman–Crippen MR) is 114 cm³/mol. The van der Waals surface area contributed by atoms with Crippen molar-refractivity contribution in [2.75, 3.05) is 41.0 Å². The van der Waals surface area contributed by atoms with Crippen LogP contribution in [0.1, 0.15) is 30.3 Å². The van der Waals surface area contributed by atoms with Crippen LogP contribution < -0.4 is 28.4 Å². The third-order valence-electron chi connectivity index (χ3n) is 6.74. The van der Waals surface area contributed by atoms with Crippen molar-refractivity contribution in [3.63, 3.8) is 0 Å². The highest BCUT2D eigenvalue weighted by Crippen LogP contribution is 2.59. The van der Waals surface area contributed by atoms with Gasteiger partial charge in [-0.15, -0.1) is 0 Å². The molecule has 0 amide bonds. The molecule has 2 saturated heterocycles. The van der Waals surface area contributed by atoms with Gasteiger partial charge < -0.3 is 42.6 Å². The zero-order valence-electron chi connectivity index (χ0n) is 19.0. The van der Waals surface area contributed by atoms with Gasteiger partial charge in [0.25, 0.3) is 0 Å². The van der Waals surface area contributed by atoms with Crippen LogP contribution in [-0.4, -0.2) is 52.6 Å².